The lowest BCUT2D eigenvalue weighted by Crippen LogP contribution is -2.49. The third-order valence-corrected chi connectivity index (χ3v) is 11.5. The number of fused-ring (bicyclic) bond motifs is 5. The van der Waals surface area contributed by atoms with Gasteiger partial charge in [0.15, 0.2) is 0 Å². The van der Waals surface area contributed by atoms with E-state index >= 15 is 0 Å². The number of esters is 1. The molecule has 0 spiro atoms. The summed E-state index contributed by atoms with van der Waals surface area (Å²) in [4.78, 5) is 25.6. The lowest BCUT2D eigenvalue weighted by Gasteiger charge is -2.55. The van der Waals surface area contributed by atoms with Crippen LogP contribution < -0.4 is 0 Å². The number of aliphatic hydroxyl groups is 1. The maximum atomic E-state index is 13.2. The van der Waals surface area contributed by atoms with E-state index in [1.807, 2.05) is 0 Å². The van der Waals surface area contributed by atoms with Gasteiger partial charge in [-0.1, -0.05) is 60.5 Å². The van der Waals surface area contributed by atoms with E-state index in [1.165, 1.54) is 45.6 Å². The van der Waals surface area contributed by atoms with Crippen molar-refractivity contribution in [3.63, 3.8) is 0 Å². The van der Waals surface area contributed by atoms with Crippen LogP contribution >= 0.6 is 0 Å². The van der Waals surface area contributed by atoms with Crippen molar-refractivity contribution in [2.24, 2.45) is 52.3 Å². The van der Waals surface area contributed by atoms with Crippen LogP contribution in [0.1, 0.15) is 99.3 Å². The molecule has 0 bridgehead atoms. The third-order valence-electron chi connectivity index (χ3n) is 11.5. The Morgan fingerprint density at radius 1 is 1.15 bits per heavy atom. The fraction of sp³-hybridized carbons (Fsp3) is 0.867. The van der Waals surface area contributed by atoms with Gasteiger partial charge in [-0.2, -0.15) is 0 Å². The number of hydrogen-bond donors (Lipinski definition) is 1. The van der Waals surface area contributed by atoms with Crippen molar-refractivity contribution in [3.8, 4) is 0 Å². The summed E-state index contributed by atoms with van der Waals surface area (Å²) in [5, 5.41) is 11.1. The van der Waals surface area contributed by atoms with Crippen molar-refractivity contribution in [3.05, 3.63) is 11.6 Å². The molecule has 9 atom stereocenters. The number of Topliss-reactive ketones (excluding diaryl/α,β-unsaturated/α-hetero) is 1. The number of rotatable bonds is 7. The fourth-order valence-corrected chi connectivity index (χ4v) is 9.50. The van der Waals surface area contributed by atoms with Gasteiger partial charge < -0.3 is 9.84 Å². The lowest BCUT2D eigenvalue weighted by atomic mass is 9.49. The van der Waals surface area contributed by atoms with Crippen molar-refractivity contribution < 1.29 is 19.4 Å². The van der Waals surface area contributed by atoms with Crippen LogP contribution in [0.2, 0.25) is 0 Å². The SMILES string of the molecule is CC[C@H](CCC(C)C1CCC2C3CC=C4C(=O)[C@](O)(C(=O)OC)C[C@]4(C)C3CC[C@]12C)C(C)C. The molecule has 4 heteroatoms. The summed E-state index contributed by atoms with van der Waals surface area (Å²) in [5.74, 6) is 3.47. The van der Waals surface area contributed by atoms with Gasteiger partial charge in [-0.3, -0.25) is 4.79 Å². The van der Waals surface area contributed by atoms with E-state index in [4.69, 9.17) is 4.74 Å². The molecule has 4 nitrogen and oxygen atoms in total. The molecule has 1 N–H and O–H groups in total. The van der Waals surface area contributed by atoms with Crippen LogP contribution in [0.3, 0.4) is 0 Å². The zero-order chi connectivity index (χ0) is 25.1. The second-order valence-electron chi connectivity index (χ2n) is 13.2. The first-order valence-electron chi connectivity index (χ1n) is 14.0. The van der Waals surface area contributed by atoms with E-state index in [-0.39, 0.29) is 6.42 Å². The second-order valence-corrected chi connectivity index (χ2v) is 13.2. The Morgan fingerprint density at radius 2 is 1.85 bits per heavy atom. The van der Waals surface area contributed by atoms with Crippen LogP contribution in [-0.2, 0) is 14.3 Å². The molecule has 0 heterocycles. The molecule has 0 saturated heterocycles. The highest BCUT2D eigenvalue weighted by Gasteiger charge is 2.67. The smallest absolute Gasteiger partial charge is 0.346 e. The molecule has 34 heavy (non-hydrogen) atoms. The Bertz CT molecular complexity index is 845. The van der Waals surface area contributed by atoms with Gasteiger partial charge in [0.2, 0.25) is 11.4 Å². The molecule has 0 aromatic rings. The summed E-state index contributed by atoms with van der Waals surface area (Å²) in [6, 6.07) is 0. The summed E-state index contributed by atoms with van der Waals surface area (Å²) in [5.41, 5.74) is -1.39. The molecule has 4 rings (SSSR count). The van der Waals surface area contributed by atoms with E-state index in [0.29, 0.717) is 28.7 Å². The third kappa shape index (κ3) is 3.73. The highest BCUT2D eigenvalue weighted by Crippen LogP contribution is 2.68. The normalized spacial score (nSPS) is 43.1. The molecular formula is C30H48O4. The predicted octanol–water partition coefficient (Wildman–Crippen LogP) is 6.36. The zero-order valence-electron chi connectivity index (χ0n) is 22.7. The first-order chi connectivity index (χ1) is 15.9. The molecule has 3 fully saturated rings. The molecule has 5 unspecified atom stereocenters. The van der Waals surface area contributed by atoms with E-state index in [1.54, 1.807) is 0 Å². The van der Waals surface area contributed by atoms with Gasteiger partial charge in [0.1, 0.15) is 0 Å². The van der Waals surface area contributed by atoms with Crippen molar-refractivity contribution >= 4 is 11.8 Å². The first kappa shape index (κ1) is 25.9. The summed E-state index contributed by atoms with van der Waals surface area (Å²) >= 11 is 0. The number of methoxy groups -OCH3 is 1. The molecule has 3 saturated carbocycles. The second kappa shape index (κ2) is 9.05. The van der Waals surface area contributed by atoms with Gasteiger partial charge in [-0.15, -0.1) is 0 Å². The van der Waals surface area contributed by atoms with E-state index in [0.717, 1.165) is 36.5 Å². The minimum Gasteiger partial charge on any atom is -0.467 e. The summed E-state index contributed by atoms with van der Waals surface area (Å²) in [6.07, 6.45) is 12.0. The number of allylic oxidation sites excluding steroid dienone is 1. The molecule has 0 radical (unpaired) electrons. The van der Waals surface area contributed by atoms with Crippen LogP contribution in [0.4, 0.5) is 0 Å². The van der Waals surface area contributed by atoms with Crippen LogP contribution in [0, 0.1) is 52.3 Å². The highest BCUT2D eigenvalue weighted by molar-refractivity contribution is 6.18. The Labute approximate surface area is 207 Å². The lowest BCUT2D eigenvalue weighted by molar-refractivity contribution is -0.166. The average Bonchev–Trinajstić information content (AvgIpc) is 3.25. The fourth-order valence-electron chi connectivity index (χ4n) is 9.50. The standard InChI is InChI=1S/C30H48O4/c1-8-20(18(2)3)10-9-19(4)22-13-14-23-21-11-12-25-26(31)30(33,27(32)34-7)17-29(25,6)24(21)15-16-28(22,23)5/h12,18-24,33H,8-11,13-17H2,1-7H3/t19?,20-,21?,22?,23?,24?,28-,29-,30+/m1/s1. The Balaban J connectivity index is 1.53. The van der Waals surface area contributed by atoms with E-state index < -0.39 is 22.8 Å². The van der Waals surface area contributed by atoms with Crippen molar-refractivity contribution in [1.82, 2.24) is 0 Å². The van der Waals surface area contributed by atoms with Crippen LogP contribution in [0.15, 0.2) is 11.6 Å². The topological polar surface area (TPSA) is 63.6 Å². The number of ketones is 1. The number of ether oxygens (including phenoxy) is 1. The minimum atomic E-state index is -2.01. The highest BCUT2D eigenvalue weighted by atomic mass is 16.5. The monoisotopic (exact) mass is 472 g/mol. The Kier molecular flexibility index (Phi) is 6.90. The van der Waals surface area contributed by atoms with Gasteiger partial charge in [0.05, 0.1) is 7.11 Å². The summed E-state index contributed by atoms with van der Waals surface area (Å²) < 4.78 is 4.85. The average molecular weight is 473 g/mol. The molecule has 4 aliphatic rings. The van der Waals surface area contributed by atoms with E-state index in [9.17, 15) is 14.7 Å². The molecule has 0 amide bonds. The maximum Gasteiger partial charge on any atom is 0.346 e. The Hall–Kier alpha value is -1.16. The number of carbonyl (C=O) groups excluding carboxylic acids is 2. The quantitative estimate of drug-likeness (QED) is 0.346. The maximum absolute atomic E-state index is 13.2. The van der Waals surface area contributed by atoms with Crippen molar-refractivity contribution in [1.29, 1.82) is 0 Å². The first-order valence-corrected chi connectivity index (χ1v) is 14.0. The van der Waals surface area contributed by atoms with Gasteiger partial charge >= 0.3 is 5.97 Å². The van der Waals surface area contributed by atoms with Crippen LogP contribution in [-0.4, -0.2) is 29.6 Å². The van der Waals surface area contributed by atoms with Crippen molar-refractivity contribution in [2.45, 2.75) is 105 Å². The van der Waals surface area contributed by atoms with Gasteiger partial charge in [-0.25, -0.2) is 4.79 Å². The van der Waals surface area contributed by atoms with Gasteiger partial charge in [-0.05, 0) is 85.4 Å². The molecular weight excluding hydrogens is 424 g/mol. The zero-order valence-corrected chi connectivity index (χ0v) is 22.7. The van der Waals surface area contributed by atoms with Crippen LogP contribution in [0.5, 0.6) is 0 Å². The van der Waals surface area contributed by atoms with Crippen LogP contribution in [0.25, 0.3) is 0 Å². The Morgan fingerprint density at radius 3 is 2.47 bits per heavy atom. The number of hydrogen-bond acceptors (Lipinski definition) is 4. The summed E-state index contributed by atoms with van der Waals surface area (Å²) in [7, 11) is 1.25. The molecule has 0 aliphatic heterocycles. The minimum absolute atomic E-state index is 0.176. The molecule has 0 aromatic heterocycles. The van der Waals surface area contributed by atoms with Gasteiger partial charge in [0.25, 0.3) is 0 Å². The van der Waals surface area contributed by atoms with Crippen molar-refractivity contribution in [2.75, 3.05) is 7.11 Å². The predicted molar refractivity (Wildman–Crippen MR) is 135 cm³/mol. The molecule has 192 valence electrons. The molecule has 0 aromatic carbocycles. The molecule has 4 aliphatic carbocycles. The summed E-state index contributed by atoms with van der Waals surface area (Å²) in [6.45, 7) is 14.3. The largest absolute Gasteiger partial charge is 0.467 e. The number of carbonyl (C=O) groups is 2. The van der Waals surface area contributed by atoms with Gasteiger partial charge in [0, 0.05) is 17.4 Å². The van der Waals surface area contributed by atoms with E-state index in [2.05, 4.69) is 47.6 Å².